The van der Waals surface area contributed by atoms with Gasteiger partial charge in [0.15, 0.2) is 5.13 Å². The molecule has 0 atom stereocenters. The average molecular weight is 448 g/mol. The van der Waals surface area contributed by atoms with Crippen LogP contribution in [0.3, 0.4) is 0 Å². The van der Waals surface area contributed by atoms with E-state index in [1.54, 1.807) is 11.3 Å². The summed E-state index contributed by atoms with van der Waals surface area (Å²) in [5.74, 6) is 2.70. The van der Waals surface area contributed by atoms with E-state index >= 15 is 0 Å². The first-order chi connectivity index (χ1) is 13.8. The molecule has 4 bridgehead atoms. The number of carbonyl (C=O) groups is 1. The molecule has 4 nitrogen and oxygen atoms in total. The molecule has 1 aromatic carbocycles. The summed E-state index contributed by atoms with van der Waals surface area (Å²) in [6.45, 7) is 5.86. The predicted octanol–water partition coefficient (Wildman–Crippen LogP) is 5.45. The van der Waals surface area contributed by atoms with Gasteiger partial charge in [0.05, 0.1) is 15.6 Å². The number of nitrogens with zero attached hydrogens (tertiary/aromatic N) is 3. The number of halogens is 1. The Labute approximate surface area is 190 Å². The van der Waals surface area contributed by atoms with Crippen molar-refractivity contribution < 1.29 is 4.79 Å². The number of aromatic nitrogens is 1. The Morgan fingerprint density at radius 1 is 1.07 bits per heavy atom. The third kappa shape index (κ3) is 3.78. The molecule has 0 aliphatic heterocycles. The van der Waals surface area contributed by atoms with Crippen LogP contribution in [0.5, 0.6) is 0 Å². The van der Waals surface area contributed by atoms with E-state index in [2.05, 4.69) is 49.9 Å². The molecule has 4 fully saturated rings. The molecule has 4 aliphatic rings. The van der Waals surface area contributed by atoms with E-state index in [0.29, 0.717) is 5.91 Å². The van der Waals surface area contributed by atoms with E-state index in [0.717, 1.165) is 60.8 Å². The van der Waals surface area contributed by atoms with Crippen molar-refractivity contribution >= 4 is 45.0 Å². The number of rotatable bonds is 5. The van der Waals surface area contributed by atoms with E-state index in [-0.39, 0.29) is 17.8 Å². The molecular weight excluding hydrogens is 414 g/mol. The Morgan fingerprint density at radius 2 is 1.67 bits per heavy atom. The van der Waals surface area contributed by atoms with Crippen molar-refractivity contribution in [3.05, 3.63) is 23.3 Å². The molecule has 30 heavy (non-hydrogen) atoms. The molecule has 0 radical (unpaired) electrons. The lowest BCUT2D eigenvalue weighted by molar-refractivity contribution is -0.143. The summed E-state index contributed by atoms with van der Waals surface area (Å²) in [4.78, 5) is 23.3. The Morgan fingerprint density at radius 3 is 2.23 bits per heavy atom. The molecule has 4 aliphatic carbocycles. The normalized spacial score (nSPS) is 29.4. The monoisotopic (exact) mass is 447 g/mol. The Balaban J connectivity index is 0.00000218. The van der Waals surface area contributed by atoms with Gasteiger partial charge in [0.2, 0.25) is 5.91 Å². The van der Waals surface area contributed by atoms with Crippen LogP contribution in [0.4, 0.5) is 5.13 Å². The Kier molecular flexibility index (Phi) is 5.93. The van der Waals surface area contributed by atoms with Gasteiger partial charge in [-0.05, 0) is 101 Å². The van der Waals surface area contributed by atoms with Crippen LogP contribution >= 0.6 is 23.7 Å². The molecule has 0 spiro atoms. The topological polar surface area (TPSA) is 36.4 Å². The highest BCUT2D eigenvalue weighted by Crippen LogP contribution is 2.60. The van der Waals surface area contributed by atoms with Crippen molar-refractivity contribution in [3.8, 4) is 0 Å². The molecule has 1 heterocycles. The second kappa shape index (κ2) is 8.07. The molecule has 0 unspecified atom stereocenters. The molecule has 0 saturated heterocycles. The van der Waals surface area contributed by atoms with Crippen LogP contribution in [0.1, 0.15) is 49.7 Å². The van der Waals surface area contributed by atoms with Gasteiger partial charge in [0, 0.05) is 13.1 Å². The number of aryl methyl sites for hydroxylation is 2. The van der Waals surface area contributed by atoms with Crippen LogP contribution < -0.4 is 4.90 Å². The smallest absolute Gasteiger partial charge is 0.235 e. The fourth-order valence-electron chi connectivity index (χ4n) is 6.72. The molecule has 164 valence electrons. The third-order valence-corrected chi connectivity index (χ3v) is 8.58. The number of anilines is 1. The zero-order valence-electron chi connectivity index (χ0n) is 18.6. The third-order valence-electron chi connectivity index (χ3n) is 7.56. The lowest BCUT2D eigenvalue weighted by Gasteiger charge is -2.56. The summed E-state index contributed by atoms with van der Waals surface area (Å²) < 4.78 is 1.20. The van der Waals surface area contributed by atoms with Crippen LogP contribution in [-0.2, 0) is 4.79 Å². The van der Waals surface area contributed by atoms with Crippen molar-refractivity contribution in [3.63, 3.8) is 0 Å². The first-order valence-electron chi connectivity index (χ1n) is 11.2. The van der Waals surface area contributed by atoms with Crippen LogP contribution in [0, 0.1) is 37.0 Å². The number of thiazole rings is 1. The summed E-state index contributed by atoms with van der Waals surface area (Å²) in [7, 11) is 4.17. The summed E-state index contributed by atoms with van der Waals surface area (Å²) in [5.41, 5.74) is 3.41. The summed E-state index contributed by atoms with van der Waals surface area (Å²) in [6.07, 6.45) is 7.43. The molecule has 2 aromatic rings. The minimum atomic E-state index is -0.121. The van der Waals surface area contributed by atoms with Crippen molar-refractivity contribution in [2.24, 2.45) is 23.2 Å². The summed E-state index contributed by atoms with van der Waals surface area (Å²) in [6, 6.07) is 4.40. The maximum absolute atomic E-state index is 14.1. The van der Waals surface area contributed by atoms with Gasteiger partial charge in [0.1, 0.15) is 0 Å². The molecule has 1 aromatic heterocycles. The van der Waals surface area contributed by atoms with Crippen LogP contribution in [0.25, 0.3) is 10.2 Å². The second-order valence-electron chi connectivity index (χ2n) is 10.4. The van der Waals surface area contributed by atoms with Gasteiger partial charge in [-0.15, -0.1) is 12.4 Å². The van der Waals surface area contributed by atoms with Gasteiger partial charge in [-0.25, -0.2) is 4.98 Å². The van der Waals surface area contributed by atoms with E-state index in [1.165, 1.54) is 35.1 Å². The average Bonchev–Trinajstić information content (AvgIpc) is 3.04. The quantitative estimate of drug-likeness (QED) is 0.611. The predicted molar refractivity (Wildman–Crippen MR) is 128 cm³/mol. The largest absolute Gasteiger partial charge is 0.308 e. The fourth-order valence-corrected chi connectivity index (χ4v) is 7.88. The standard InChI is InChI=1S/C24H33N3OS.ClH/c1-15-7-16(2)21-20(8-15)29-23(25-21)27(6-5-26(3)4)22(28)24-12-17-9-18(13-24)11-19(10-17)14-24;/h7-8,17-19H,5-6,9-14H2,1-4H3;1H. The SMILES string of the molecule is Cc1cc(C)c2nc(N(CCN(C)C)C(=O)C34CC5CC(CC(C5)C3)C4)sc2c1.Cl. The van der Waals surface area contributed by atoms with E-state index in [9.17, 15) is 4.79 Å². The maximum atomic E-state index is 14.1. The van der Waals surface area contributed by atoms with E-state index < -0.39 is 0 Å². The Hall–Kier alpha value is -1.17. The molecule has 6 rings (SSSR count). The molecule has 0 N–H and O–H groups in total. The number of hydrogen-bond acceptors (Lipinski definition) is 4. The van der Waals surface area contributed by atoms with Gasteiger partial charge < -0.3 is 4.90 Å². The Bertz CT molecular complexity index is 918. The highest BCUT2D eigenvalue weighted by atomic mass is 35.5. The van der Waals surface area contributed by atoms with Crippen molar-refractivity contribution in [1.82, 2.24) is 9.88 Å². The minimum absolute atomic E-state index is 0. The summed E-state index contributed by atoms with van der Waals surface area (Å²) >= 11 is 1.69. The van der Waals surface area contributed by atoms with Crippen LogP contribution in [-0.4, -0.2) is 43.0 Å². The summed E-state index contributed by atoms with van der Waals surface area (Å²) in [5, 5.41) is 0.899. The lowest BCUT2D eigenvalue weighted by atomic mass is 9.49. The van der Waals surface area contributed by atoms with Crippen LogP contribution in [0.15, 0.2) is 12.1 Å². The fraction of sp³-hybridized carbons (Fsp3) is 0.667. The molecule has 1 amide bonds. The number of hydrogen-bond donors (Lipinski definition) is 0. The van der Waals surface area contributed by atoms with Gasteiger partial charge in [-0.3, -0.25) is 9.69 Å². The number of fused-ring (bicyclic) bond motifs is 1. The van der Waals surface area contributed by atoms with E-state index in [4.69, 9.17) is 4.98 Å². The highest BCUT2D eigenvalue weighted by Gasteiger charge is 2.56. The van der Waals surface area contributed by atoms with Gasteiger partial charge in [-0.2, -0.15) is 0 Å². The number of carbonyl (C=O) groups excluding carboxylic acids is 1. The zero-order chi connectivity index (χ0) is 20.3. The number of amides is 1. The first kappa shape index (κ1) is 22.0. The number of benzene rings is 1. The van der Waals surface area contributed by atoms with Gasteiger partial charge in [-0.1, -0.05) is 17.4 Å². The van der Waals surface area contributed by atoms with Gasteiger partial charge in [0.25, 0.3) is 0 Å². The minimum Gasteiger partial charge on any atom is -0.308 e. The lowest BCUT2D eigenvalue weighted by Crippen LogP contribution is -2.55. The van der Waals surface area contributed by atoms with Crippen molar-refractivity contribution in [1.29, 1.82) is 0 Å². The van der Waals surface area contributed by atoms with Crippen molar-refractivity contribution in [2.45, 2.75) is 52.4 Å². The van der Waals surface area contributed by atoms with Gasteiger partial charge >= 0.3 is 0 Å². The molecular formula is C24H34ClN3OS. The zero-order valence-corrected chi connectivity index (χ0v) is 20.2. The van der Waals surface area contributed by atoms with Crippen molar-refractivity contribution in [2.75, 3.05) is 32.1 Å². The molecule has 4 saturated carbocycles. The van der Waals surface area contributed by atoms with E-state index in [1.807, 2.05) is 0 Å². The number of likely N-dealkylation sites (N-methyl/N-ethyl adjacent to an activating group) is 1. The maximum Gasteiger partial charge on any atom is 0.235 e. The molecule has 6 heteroatoms. The second-order valence-corrected chi connectivity index (χ2v) is 11.4. The van der Waals surface area contributed by atoms with Crippen LogP contribution in [0.2, 0.25) is 0 Å². The first-order valence-corrected chi connectivity index (χ1v) is 12.0. The highest BCUT2D eigenvalue weighted by molar-refractivity contribution is 7.22.